The van der Waals surface area contributed by atoms with Gasteiger partial charge in [0.05, 0.1) is 21.3 Å². The van der Waals surface area contributed by atoms with E-state index in [4.69, 9.17) is 4.98 Å². The van der Waals surface area contributed by atoms with E-state index in [1.165, 1.54) is 9.71 Å². The predicted octanol–water partition coefficient (Wildman–Crippen LogP) is 5.10. The Kier molecular flexibility index (Phi) is 5.15. The summed E-state index contributed by atoms with van der Waals surface area (Å²) in [6.07, 6.45) is 7.70. The van der Waals surface area contributed by atoms with Gasteiger partial charge in [0.1, 0.15) is 6.33 Å². The van der Waals surface area contributed by atoms with Crippen LogP contribution in [0.25, 0.3) is 21.3 Å². The monoisotopic (exact) mass is 477 g/mol. The lowest BCUT2D eigenvalue weighted by Crippen LogP contribution is -2.50. The minimum atomic E-state index is -0.753. The maximum absolute atomic E-state index is 12.1. The zero-order chi connectivity index (χ0) is 23.6. The fourth-order valence-electron chi connectivity index (χ4n) is 6.24. The van der Waals surface area contributed by atoms with Crippen molar-refractivity contribution in [3.63, 3.8) is 0 Å². The third kappa shape index (κ3) is 3.67. The van der Waals surface area contributed by atoms with Crippen molar-refractivity contribution < 1.29 is 9.90 Å². The number of carbonyl (C=O) groups is 1. The Bertz CT molecular complexity index is 1220. The number of hydrogen-bond acceptors (Lipinski definition) is 6. The topological polar surface area (TPSA) is 82.5 Å². The highest BCUT2D eigenvalue weighted by Gasteiger charge is 2.53. The Morgan fingerprint density at radius 3 is 2.56 bits per heavy atom. The van der Waals surface area contributed by atoms with Gasteiger partial charge in [0.2, 0.25) is 0 Å². The summed E-state index contributed by atoms with van der Waals surface area (Å²) in [6, 6.07) is 7.19. The molecule has 1 N–H and O–H groups in total. The summed E-state index contributed by atoms with van der Waals surface area (Å²) < 4.78 is 1.21. The summed E-state index contributed by atoms with van der Waals surface area (Å²) in [4.78, 5) is 29.6. The van der Waals surface area contributed by atoms with Gasteiger partial charge >= 0.3 is 6.09 Å². The maximum Gasteiger partial charge on any atom is 0.407 e. The summed E-state index contributed by atoms with van der Waals surface area (Å²) >= 11 is 1.80. The number of hydrogen-bond donors (Lipinski definition) is 1. The van der Waals surface area contributed by atoms with Gasteiger partial charge in [0.25, 0.3) is 0 Å². The molecule has 2 saturated heterocycles. The van der Waals surface area contributed by atoms with Gasteiger partial charge in [-0.15, -0.1) is 11.3 Å². The van der Waals surface area contributed by atoms with E-state index in [1.54, 1.807) is 22.6 Å². The van der Waals surface area contributed by atoms with Crippen LogP contribution in [-0.4, -0.2) is 67.2 Å². The normalized spacial score (nSPS) is 29.4. The number of rotatable bonds is 3. The van der Waals surface area contributed by atoms with Gasteiger partial charge in [-0.05, 0) is 48.3 Å². The molecule has 3 aromatic rings. The Balaban J connectivity index is 1.12. The van der Waals surface area contributed by atoms with Crippen molar-refractivity contribution >= 4 is 27.6 Å². The molecule has 1 aromatic carbocycles. The first-order valence-electron chi connectivity index (χ1n) is 12.2. The Morgan fingerprint density at radius 1 is 1.09 bits per heavy atom. The van der Waals surface area contributed by atoms with Crippen LogP contribution < -0.4 is 0 Å². The van der Waals surface area contributed by atoms with E-state index >= 15 is 0 Å². The maximum atomic E-state index is 12.1. The highest BCUT2D eigenvalue weighted by Crippen LogP contribution is 2.48. The zero-order valence-electron chi connectivity index (χ0n) is 19.9. The van der Waals surface area contributed by atoms with Crippen molar-refractivity contribution in [2.75, 3.05) is 13.1 Å². The van der Waals surface area contributed by atoms with E-state index in [2.05, 4.69) is 53.8 Å². The minimum absolute atomic E-state index is 0.0185. The number of amides is 1. The lowest BCUT2D eigenvalue weighted by molar-refractivity contribution is 0.0691. The molecule has 3 fully saturated rings. The molecule has 178 valence electrons. The van der Waals surface area contributed by atoms with E-state index in [-0.39, 0.29) is 17.5 Å². The van der Waals surface area contributed by atoms with Crippen LogP contribution in [0.1, 0.15) is 51.0 Å². The number of likely N-dealkylation sites (tertiary alicyclic amines) is 2. The van der Waals surface area contributed by atoms with Crippen LogP contribution in [-0.2, 0) is 0 Å². The van der Waals surface area contributed by atoms with Crippen LogP contribution in [0.15, 0.2) is 36.9 Å². The van der Waals surface area contributed by atoms with Gasteiger partial charge in [-0.2, -0.15) is 0 Å². The number of thiazole rings is 1. The lowest BCUT2D eigenvalue weighted by Gasteiger charge is -2.42. The molecule has 1 aliphatic carbocycles. The van der Waals surface area contributed by atoms with Crippen molar-refractivity contribution in [3.05, 3.63) is 41.9 Å². The van der Waals surface area contributed by atoms with E-state index in [0.29, 0.717) is 17.9 Å². The third-order valence-electron chi connectivity index (χ3n) is 8.15. The minimum Gasteiger partial charge on any atom is -0.465 e. The van der Waals surface area contributed by atoms with E-state index in [1.807, 2.05) is 12.4 Å². The number of nitrogens with zero attached hydrogens (tertiary/aromatic N) is 5. The van der Waals surface area contributed by atoms with E-state index in [0.717, 1.165) is 49.0 Å². The summed E-state index contributed by atoms with van der Waals surface area (Å²) in [6.45, 7) is 8.40. The molecule has 6 rings (SSSR count). The summed E-state index contributed by atoms with van der Waals surface area (Å²) in [5, 5.41) is 11.2. The molecule has 7 nitrogen and oxygen atoms in total. The number of fused-ring (bicyclic) bond motifs is 2. The zero-order valence-corrected chi connectivity index (χ0v) is 20.7. The first-order chi connectivity index (χ1) is 16.3. The molecule has 3 atom stereocenters. The molecule has 3 aliphatic rings. The average molecular weight is 478 g/mol. The second-order valence-corrected chi connectivity index (χ2v) is 12.3. The number of aromatic nitrogens is 3. The molecular formula is C26H31N5O2S. The molecule has 0 radical (unpaired) electrons. The fourth-order valence-corrected chi connectivity index (χ4v) is 7.37. The third-order valence-corrected chi connectivity index (χ3v) is 9.33. The second kappa shape index (κ2) is 7.99. The molecule has 0 bridgehead atoms. The second-order valence-electron chi connectivity index (χ2n) is 11.3. The molecule has 4 heterocycles. The van der Waals surface area contributed by atoms with Crippen LogP contribution in [0.2, 0.25) is 0 Å². The van der Waals surface area contributed by atoms with Gasteiger partial charge in [-0.25, -0.2) is 19.7 Å². The van der Waals surface area contributed by atoms with E-state index < -0.39 is 6.09 Å². The van der Waals surface area contributed by atoms with Crippen molar-refractivity contribution in [1.29, 1.82) is 0 Å². The Morgan fingerprint density at radius 2 is 1.85 bits per heavy atom. The average Bonchev–Trinajstić information content (AvgIpc) is 3.44. The van der Waals surface area contributed by atoms with Gasteiger partial charge in [0, 0.05) is 49.0 Å². The molecule has 0 spiro atoms. The standard InChI is InChI=1S/C26H31N5O2S/c1-26(2,3)23-9-17-12-30(13-21(17)31(23)25(32)33)19-6-16(7-19)24-29-20-5-4-15(8-22(20)34-24)18-10-27-14-28-11-18/h4-5,8,10-11,14,16-17,19,21,23H,6-7,9,12-13H2,1-3H3,(H,32,33)/t16?,17-,19?,21+,23?/m1/s1. The van der Waals surface area contributed by atoms with Crippen molar-refractivity contribution in [2.45, 2.75) is 64.1 Å². The molecule has 1 unspecified atom stereocenters. The quantitative estimate of drug-likeness (QED) is 0.565. The molecule has 8 heteroatoms. The van der Waals surface area contributed by atoms with Gasteiger partial charge in [-0.1, -0.05) is 26.8 Å². The summed E-state index contributed by atoms with van der Waals surface area (Å²) in [5.74, 6) is 0.964. The summed E-state index contributed by atoms with van der Waals surface area (Å²) in [5.41, 5.74) is 3.18. The Labute approximate surface area is 203 Å². The smallest absolute Gasteiger partial charge is 0.407 e. The van der Waals surface area contributed by atoms with E-state index in [9.17, 15) is 9.90 Å². The molecule has 1 saturated carbocycles. The van der Waals surface area contributed by atoms with Crippen LogP contribution in [0, 0.1) is 11.3 Å². The van der Waals surface area contributed by atoms with Crippen LogP contribution in [0.5, 0.6) is 0 Å². The predicted molar refractivity (Wildman–Crippen MR) is 133 cm³/mol. The van der Waals surface area contributed by atoms with Crippen LogP contribution in [0.3, 0.4) is 0 Å². The van der Waals surface area contributed by atoms with Gasteiger partial charge in [-0.3, -0.25) is 4.90 Å². The van der Waals surface area contributed by atoms with Crippen molar-refractivity contribution in [2.24, 2.45) is 11.3 Å². The first-order valence-corrected chi connectivity index (χ1v) is 13.0. The molecule has 1 amide bonds. The number of benzene rings is 1. The highest BCUT2D eigenvalue weighted by atomic mass is 32.1. The molecule has 34 heavy (non-hydrogen) atoms. The first kappa shape index (κ1) is 21.9. The SMILES string of the molecule is CC(C)(C)C1C[C@@H]2CN(C3CC(c4nc5ccc(-c6cncnc6)cc5s4)C3)C[C@@H]2N1C(=O)O. The van der Waals surface area contributed by atoms with Crippen molar-refractivity contribution in [3.8, 4) is 11.1 Å². The van der Waals surface area contributed by atoms with Crippen LogP contribution >= 0.6 is 11.3 Å². The Hall–Kier alpha value is -2.58. The molecule has 2 aliphatic heterocycles. The fraction of sp³-hybridized carbons (Fsp3) is 0.538. The van der Waals surface area contributed by atoms with Crippen molar-refractivity contribution in [1.82, 2.24) is 24.8 Å². The largest absolute Gasteiger partial charge is 0.465 e. The molecule has 2 aromatic heterocycles. The van der Waals surface area contributed by atoms with Gasteiger partial charge in [0.15, 0.2) is 0 Å². The highest BCUT2D eigenvalue weighted by molar-refractivity contribution is 7.18. The number of carboxylic acid groups (broad SMARTS) is 1. The van der Waals surface area contributed by atoms with Crippen LogP contribution in [0.4, 0.5) is 4.79 Å². The lowest BCUT2D eigenvalue weighted by atomic mass is 9.79. The van der Waals surface area contributed by atoms with Gasteiger partial charge < -0.3 is 10.0 Å². The molecular weight excluding hydrogens is 446 g/mol. The summed E-state index contributed by atoms with van der Waals surface area (Å²) in [7, 11) is 0.